The van der Waals surface area contributed by atoms with Crippen molar-refractivity contribution in [2.45, 2.75) is 128 Å². The summed E-state index contributed by atoms with van der Waals surface area (Å²) in [5.74, 6) is -1.49. The predicted molar refractivity (Wildman–Crippen MR) is 283 cm³/mol. The van der Waals surface area contributed by atoms with Crippen LogP contribution in [-0.4, -0.2) is 128 Å². The van der Waals surface area contributed by atoms with Gasteiger partial charge in [-0.25, -0.2) is 28.6 Å². The summed E-state index contributed by atoms with van der Waals surface area (Å²) in [5.41, 5.74) is 4.23. The molecule has 0 aromatic carbocycles. The lowest BCUT2D eigenvalue weighted by Crippen LogP contribution is -2.46. The molecule has 0 bridgehead atoms. The first-order valence-corrected chi connectivity index (χ1v) is 29.9. The van der Waals surface area contributed by atoms with Crippen molar-refractivity contribution in [1.29, 1.82) is 0 Å². The van der Waals surface area contributed by atoms with Crippen LogP contribution in [0.4, 0.5) is 5.82 Å². The molecule has 76 heavy (non-hydrogen) atoms. The largest absolute Gasteiger partial charge is 0.481 e. The number of allylic oxidation sites excluding steroid dienone is 12. The number of carbonyl (C=O) groups excluding carboxylic acids is 4. The first-order chi connectivity index (χ1) is 35.9. The highest BCUT2D eigenvalue weighted by Gasteiger charge is 2.50. The summed E-state index contributed by atoms with van der Waals surface area (Å²) in [5, 5.41) is 26.2. The number of hydrogen-bond acceptors (Lipinski definition) is 19. The second-order valence-corrected chi connectivity index (χ2v) is 23.1. The van der Waals surface area contributed by atoms with Gasteiger partial charge in [-0.05, 0) is 57.8 Å². The third kappa shape index (κ3) is 25.9. The van der Waals surface area contributed by atoms with Gasteiger partial charge in [0, 0.05) is 37.1 Å². The Bertz CT molecular complexity index is 2520. The maximum absolute atomic E-state index is 12.8. The summed E-state index contributed by atoms with van der Waals surface area (Å²) in [6, 6.07) is 0. The fourth-order valence-corrected chi connectivity index (χ4v) is 10.3. The quantitative estimate of drug-likeness (QED) is 0.0165. The minimum atomic E-state index is -5.60. The van der Waals surface area contributed by atoms with Gasteiger partial charge in [0.25, 0.3) is 0 Å². The van der Waals surface area contributed by atoms with E-state index in [-0.39, 0.29) is 59.6 Å². The number of unbranched alkanes of at least 4 members (excludes halogenated alkanes) is 2. The standard InChI is InChI=1S/C47H72N7O18P3S/c1-4-5-6-7-8-9-10-11-12-13-14-15-16-17-18-19-20-21-22-23-24-25-35(55)30-38(57)76-29-28-49-37(56)26-27-50-45(60)42(59)47(2,3)32-69-75(66,67)72-74(64,65)68-31-36-41(71-73(61,62)63)40(58)46(70-36)54-34-53-39-43(48)51-33-52-44(39)54/h5-6,8-9,11-12,14-15,17-18,20-21,33-34,36,40-42,46,58-59H,4,7,10,13,16,19,22-32H2,1-3H3,(H,49,56)(H,50,60)(H,64,65)(H,66,67)(H2,48,51,52)(H2,61,62,63)/b6-5-,9-8-,12-11-,15-14-,18-17-,21-20-/t36-,40-,41-,42+,46-/m1/s1. The Morgan fingerprint density at radius 3 is 2.03 bits per heavy atom. The highest BCUT2D eigenvalue weighted by molar-refractivity contribution is 8.13. The summed E-state index contributed by atoms with van der Waals surface area (Å²) in [6.45, 7) is 2.41. The first kappa shape index (κ1) is 66.0. The molecule has 0 saturated carbocycles. The van der Waals surface area contributed by atoms with Crippen LogP contribution in [0, 0.1) is 5.41 Å². The molecule has 2 aromatic heterocycles. The molecule has 2 aromatic rings. The Balaban J connectivity index is 1.26. The molecular formula is C47H72N7O18P3S. The molecule has 3 heterocycles. The molecule has 2 unspecified atom stereocenters. The Hall–Kier alpha value is -4.33. The number of aromatic nitrogens is 4. The molecule has 25 nitrogen and oxygen atoms in total. The lowest BCUT2D eigenvalue weighted by atomic mass is 9.87. The van der Waals surface area contributed by atoms with E-state index in [1.807, 2.05) is 0 Å². The molecule has 1 aliphatic rings. The normalized spacial score (nSPS) is 19.7. The number of imidazole rings is 1. The first-order valence-electron chi connectivity index (χ1n) is 24.4. The maximum atomic E-state index is 12.8. The van der Waals surface area contributed by atoms with Crippen molar-refractivity contribution in [3.8, 4) is 0 Å². The van der Waals surface area contributed by atoms with Crippen LogP contribution in [0.5, 0.6) is 0 Å². The fourth-order valence-electron chi connectivity index (χ4n) is 6.82. The van der Waals surface area contributed by atoms with Crippen molar-refractivity contribution >= 4 is 74.9 Å². The third-order valence-electron chi connectivity index (χ3n) is 10.8. The summed E-state index contributed by atoms with van der Waals surface area (Å²) in [7, 11) is -16.5. The van der Waals surface area contributed by atoms with Gasteiger partial charge in [-0.3, -0.25) is 37.3 Å². The Kier molecular flexibility index (Phi) is 29.4. The van der Waals surface area contributed by atoms with Crippen molar-refractivity contribution < 1.29 is 85.3 Å². The average molecular weight is 1150 g/mol. The van der Waals surface area contributed by atoms with E-state index in [0.717, 1.165) is 80.4 Å². The van der Waals surface area contributed by atoms with Gasteiger partial charge in [0.2, 0.25) is 11.8 Å². The van der Waals surface area contributed by atoms with Gasteiger partial charge in [0.05, 0.1) is 26.0 Å². The van der Waals surface area contributed by atoms with Gasteiger partial charge >= 0.3 is 23.5 Å². The van der Waals surface area contributed by atoms with Crippen LogP contribution in [0.3, 0.4) is 0 Å². The Labute approximate surface area is 446 Å². The molecule has 0 aliphatic carbocycles. The third-order valence-corrected chi connectivity index (χ3v) is 14.8. The Morgan fingerprint density at radius 1 is 0.829 bits per heavy atom. The van der Waals surface area contributed by atoms with Gasteiger partial charge in [-0.1, -0.05) is 105 Å². The van der Waals surface area contributed by atoms with Gasteiger partial charge in [0.1, 0.15) is 42.0 Å². The van der Waals surface area contributed by atoms with Crippen LogP contribution >= 0.6 is 35.2 Å². The zero-order valence-corrected chi connectivity index (χ0v) is 46.2. The number of nitrogens with one attached hydrogen (secondary N) is 2. The molecule has 29 heteroatoms. The number of phosphoric ester groups is 3. The lowest BCUT2D eigenvalue weighted by molar-refractivity contribution is -0.137. The van der Waals surface area contributed by atoms with Crippen molar-refractivity contribution in [2.75, 3.05) is 37.8 Å². The van der Waals surface area contributed by atoms with Crippen molar-refractivity contribution in [2.24, 2.45) is 5.41 Å². The number of aliphatic hydroxyl groups excluding tert-OH is 2. The van der Waals surface area contributed by atoms with E-state index in [9.17, 15) is 62.7 Å². The number of hydrogen-bond donors (Lipinski definition) is 9. The number of ether oxygens (including phenoxy) is 1. The number of amides is 2. The number of aliphatic hydroxyl groups is 2. The molecule has 1 aliphatic heterocycles. The highest BCUT2D eigenvalue weighted by Crippen LogP contribution is 2.61. The highest BCUT2D eigenvalue weighted by atomic mass is 32.2. The molecular weight excluding hydrogens is 1080 g/mol. The van der Waals surface area contributed by atoms with Crippen LogP contribution in [-0.2, 0) is 55.5 Å². The summed E-state index contributed by atoms with van der Waals surface area (Å²) in [4.78, 5) is 101. The number of thioether (sulfide) groups is 1. The second-order valence-electron chi connectivity index (χ2n) is 17.7. The summed E-state index contributed by atoms with van der Waals surface area (Å²) in [6.07, 6.45) is 26.7. The maximum Gasteiger partial charge on any atom is 0.481 e. The van der Waals surface area contributed by atoms with E-state index in [2.05, 4.69) is 114 Å². The molecule has 1 saturated heterocycles. The number of ketones is 1. The van der Waals surface area contributed by atoms with Gasteiger partial charge in [0.15, 0.2) is 22.8 Å². The van der Waals surface area contributed by atoms with Crippen LogP contribution in [0.1, 0.15) is 104 Å². The van der Waals surface area contributed by atoms with Crippen molar-refractivity contribution in [1.82, 2.24) is 30.2 Å². The Morgan fingerprint density at radius 2 is 1.42 bits per heavy atom. The van der Waals surface area contributed by atoms with Crippen LogP contribution < -0.4 is 16.4 Å². The van der Waals surface area contributed by atoms with E-state index < -0.39 is 84.6 Å². The number of Topliss-reactive ketones (excluding diaryl/α,β-unsaturated/α-hetero) is 1. The number of fused-ring (bicyclic) bond motifs is 1. The number of anilines is 1. The van der Waals surface area contributed by atoms with Crippen LogP contribution in [0.2, 0.25) is 0 Å². The number of nitrogens with zero attached hydrogens (tertiary/aromatic N) is 4. The van der Waals surface area contributed by atoms with E-state index in [0.29, 0.717) is 12.8 Å². The number of nitrogens with two attached hydrogens (primary N) is 1. The van der Waals surface area contributed by atoms with Gasteiger partial charge in [-0.2, -0.15) is 4.31 Å². The van der Waals surface area contributed by atoms with E-state index >= 15 is 0 Å². The topological polar surface area (TPSA) is 381 Å². The molecule has 0 radical (unpaired) electrons. The molecule has 7 atom stereocenters. The average Bonchev–Trinajstić information content (AvgIpc) is 3.91. The molecule has 10 N–H and O–H groups in total. The number of carbonyl (C=O) groups is 4. The fraction of sp³-hybridized carbons (Fsp3) is 0.553. The zero-order valence-electron chi connectivity index (χ0n) is 42.7. The minimum absolute atomic E-state index is 0.0230. The van der Waals surface area contributed by atoms with Crippen molar-refractivity contribution in [3.63, 3.8) is 0 Å². The zero-order chi connectivity index (χ0) is 56.2. The molecule has 424 valence electrons. The van der Waals surface area contributed by atoms with Crippen LogP contribution in [0.25, 0.3) is 11.2 Å². The molecule has 0 spiro atoms. The summed E-state index contributed by atoms with van der Waals surface area (Å²) >= 11 is 0.917. The minimum Gasteiger partial charge on any atom is -0.386 e. The SMILES string of the molecule is CC/C=C\C/C=C\C/C=C\C/C=C\C/C=C\C/C=C\CCCCC(=O)CC(=O)SCCNC(=O)CCNC(=O)[C@H](O)C(C)(C)COP(=O)(O)OP(=O)(O)OC[C@H]1O[C@@H](n2cnc3c(N)ncnc32)[C@H](O)[C@@H]1OP(=O)(O)O. The van der Waals surface area contributed by atoms with Gasteiger partial charge in [-0.15, -0.1) is 0 Å². The number of rotatable bonds is 37. The van der Waals surface area contributed by atoms with E-state index in [1.165, 1.54) is 13.8 Å². The van der Waals surface area contributed by atoms with Crippen molar-refractivity contribution in [3.05, 3.63) is 85.6 Å². The van der Waals surface area contributed by atoms with Gasteiger partial charge < -0.3 is 50.9 Å². The molecule has 3 rings (SSSR count). The number of phosphoric acid groups is 3. The van der Waals surface area contributed by atoms with Crippen LogP contribution in [0.15, 0.2) is 85.6 Å². The van der Waals surface area contributed by atoms with E-state index in [4.69, 9.17) is 19.5 Å². The monoisotopic (exact) mass is 1150 g/mol. The molecule has 2 amide bonds. The molecule has 1 fully saturated rings. The smallest absolute Gasteiger partial charge is 0.386 e. The summed E-state index contributed by atoms with van der Waals surface area (Å²) < 4.78 is 62.5. The second kappa shape index (κ2) is 33.8. The van der Waals surface area contributed by atoms with E-state index in [1.54, 1.807) is 0 Å². The number of nitrogen functional groups attached to an aromatic ring is 1. The lowest BCUT2D eigenvalue weighted by Gasteiger charge is -2.30. The predicted octanol–water partition coefficient (Wildman–Crippen LogP) is 5.88.